The van der Waals surface area contributed by atoms with Crippen LogP contribution in [0.1, 0.15) is 56.6 Å². The fraction of sp³-hybridized carbons (Fsp3) is 0.714. The zero-order valence-electron chi connectivity index (χ0n) is 11.2. The minimum Gasteiger partial charge on any atom is -0.464 e. The highest BCUT2D eigenvalue weighted by molar-refractivity contribution is 5.10. The molecule has 0 aliphatic carbocycles. The second kappa shape index (κ2) is 6.92. The first kappa shape index (κ1) is 13.6. The van der Waals surface area contributed by atoms with Crippen LogP contribution in [-0.4, -0.2) is 12.7 Å². The lowest BCUT2D eigenvalue weighted by molar-refractivity contribution is 0.101. The summed E-state index contributed by atoms with van der Waals surface area (Å²) in [6.45, 7) is 3.02. The first-order chi connectivity index (χ1) is 8.83. The fourth-order valence-electron chi connectivity index (χ4n) is 2.50. The van der Waals surface area contributed by atoms with Gasteiger partial charge in [0.15, 0.2) is 0 Å². The smallest absolute Gasteiger partial charge is 0.122 e. The van der Waals surface area contributed by atoms with E-state index in [-0.39, 0.29) is 6.04 Å². The van der Waals surface area contributed by atoms with Crippen LogP contribution in [0.4, 0.5) is 0 Å². The van der Waals surface area contributed by atoms with E-state index in [1.165, 1.54) is 12.8 Å². The van der Waals surface area contributed by atoms with E-state index in [1.807, 2.05) is 12.1 Å². The minimum atomic E-state index is 0.117. The van der Waals surface area contributed by atoms with Crippen molar-refractivity contribution in [2.45, 2.75) is 57.6 Å². The van der Waals surface area contributed by atoms with Gasteiger partial charge in [-0.2, -0.15) is 0 Å². The van der Waals surface area contributed by atoms with Crippen LogP contribution in [0.3, 0.4) is 0 Å². The van der Waals surface area contributed by atoms with Crippen molar-refractivity contribution in [2.24, 2.45) is 5.84 Å². The number of furan rings is 1. The summed E-state index contributed by atoms with van der Waals surface area (Å²) in [6.07, 6.45) is 7.04. The third-order valence-corrected chi connectivity index (χ3v) is 3.62. The van der Waals surface area contributed by atoms with E-state index in [4.69, 9.17) is 15.0 Å². The molecule has 2 rings (SSSR count). The first-order valence-corrected chi connectivity index (χ1v) is 6.99. The predicted octanol–water partition coefficient (Wildman–Crippen LogP) is 2.70. The molecule has 1 aromatic rings. The summed E-state index contributed by atoms with van der Waals surface area (Å²) in [5.41, 5.74) is 2.85. The number of aryl methyl sites for hydroxylation is 1. The number of rotatable bonds is 7. The van der Waals surface area contributed by atoms with Gasteiger partial charge in [0.25, 0.3) is 0 Å². The van der Waals surface area contributed by atoms with E-state index in [0.29, 0.717) is 6.10 Å². The number of hydrazine groups is 1. The molecular weight excluding hydrogens is 228 g/mol. The van der Waals surface area contributed by atoms with Gasteiger partial charge in [0.1, 0.15) is 11.5 Å². The van der Waals surface area contributed by atoms with Crippen LogP contribution >= 0.6 is 0 Å². The molecule has 0 spiro atoms. The Morgan fingerprint density at radius 2 is 2.39 bits per heavy atom. The van der Waals surface area contributed by atoms with Crippen LogP contribution in [0, 0.1) is 0 Å². The standard InChI is InChI=1S/C14H24N2O2/c1-2-11-8-9-14(18-11)13(16-15)7-3-5-12-6-4-10-17-12/h8-9,12-13,16H,2-7,10,15H2,1H3. The Kier molecular flexibility index (Phi) is 5.23. The van der Waals surface area contributed by atoms with Crippen molar-refractivity contribution in [1.82, 2.24) is 5.43 Å². The molecule has 1 fully saturated rings. The van der Waals surface area contributed by atoms with Gasteiger partial charge >= 0.3 is 0 Å². The number of hydrogen-bond donors (Lipinski definition) is 2. The lowest BCUT2D eigenvalue weighted by atomic mass is 10.0. The number of nitrogens with two attached hydrogens (primary N) is 1. The molecule has 18 heavy (non-hydrogen) atoms. The Morgan fingerprint density at radius 1 is 1.50 bits per heavy atom. The molecule has 0 bridgehead atoms. The highest BCUT2D eigenvalue weighted by atomic mass is 16.5. The summed E-state index contributed by atoms with van der Waals surface area (Å²) in [5, 5.41) is 0. The largest absolute Gasteiger partial charge is 0.464 e. The van der Waals surface area contributed by atoms with Crippen molar-refractivity contribution in [3.63, 3.8) is 0 Å². The molecule has 0 aromatic carbocycles. The molecule has 1 aliphatic heterocycles. The van der Waals surface area contributed by atoms with Gasteiger partial charge < -0.3 is 9.15 Å². The van der Waals surface area contributed by atoms with E-state index >= 15 is 0 Å². The topological polar surface area (TPSA) is 60.4 Å². The zero-order chi connectivity index (χ0) is 12.8. The Balaban J connectivity index is 1.77. The Morgan fingerprint density at radius 3 is 3.00 bits per heavy atom. The third-order valence-electron chi connectivity index (χ3n) is 3.62. The van der Waals surface area contributed by atoms with Gasteiger partial charge in [-0.3, -0.25) is 5.84 Å². The normalized spacial score (nSPS) is 21.3. The Hall–Kier alpha value is -0.840. The maximum Gasteiger partial charge on any atom is 0.122 e. The Labute approximate surface area is 109 Å². The summed E-state index contributed by atoms with van der Waals surface area (Å²) < 4.78 is 11.4. The van der Waals surface area contributed by atoms with Gasteiger partial charge in [-0.15, -0.1) is 0 Å². The van der Waals surface area contributed by atoms with E-state index < -0.39 is 0 Å². The van der Waals surface area contributed by atoms with Gasteiger partial charge in [-0.1, -0.05) is 6.92 Å². The summed E-state index contributed by atoms with van der Waals surface area (Å²) in [4.78, 5) is 0. The second-order valence-corrected chi connectivity index (χ2v) is 4.94. The zero-order valence-corrected chi connectivity index (χ0v) is 11.2. The fourth-order valence-corrected chi connectivity index (χ4v) is 2.50. The molecule has 1 aromatic heterocycles. The maximum atomic E-state index is 5.73. The van der Waals surface area contributed by atoms with Crippen LogP contribution in [0.5, 0.6) is 0 Å². The maximum absolute atomic E-state index is 5.73. The highest BCUT2D eigenvalue weighted by Gasteiger charge is 2.18. The van der Waals surface area contributed by atoms with Crippen LogP contribution in [0.2, 0.25) is 0 Å². The highest BCUT2D eigenvalue weighted by Crippen LogP contribution is 2.24. The van der Waals surface area contributed by atoms with Gasteiger partial charge in [0, 0.05) is 13.0 Å². The van der Waals surface area contributed by atoms with Crippen molar-refractivity contribution in [3.05, 3.63) is 23.7 Å². The molecule has 0 radical (unpaired) electrons. The lowest BCUT2D eigenvalue weighted by Crippen LogP contribution is -2.27. The first-order valence-electron chi connectivity index (χ1n) is 6.99. The predicted molar refractivity (Wildman–Crippen MR) is 71.0 cm³/mol. The molecule has 4 nitrogen and oxygen atoms in total. The molecule has 1 aliphatic rings. The van der Waals surface area contributed by atoms with E-state index in [1.54, 1.807) is 0 Å². The van der Waals surface area contributed by atoms with Crippen LogP contribution in [0.15, 0.2) is 16.5 Å². The molecule has 3 N–H and O–H groups in total. The van der Waals surface area contributed by atoms with Gasteiger partial charge in [-0.05, 0) is 44.2 Å². The summed E-state index contributed by atoms with van der Waals surface area (Å²) in [5.74, 6) is 7.57. The molecule has 2 unspecified atom stereocenters. The number of ether oxygens (including phenoxy) is 1. The summed E-state index contributed by atoms with van der Waals surface area (Å²) >= 11 is 0. The molecule has 102 valence electrons. The van der Waals surface area contributed by atoms with Crippen LogP contribution in [0.25, 0.3) is 0 Å². The van der Waals surface area contributed by atoms with Crippen molar-refractivity contribution in [3.8, 4) is 0 Å². The second-order valence-electron chi connectivity index (χ2n) is 4.94. The molecule has 0 saturated carbocycles. The average molecular weight is 252 g/mol. The summed E-state index contributed by atoms with van der Waals surface area (Å²) in [6, 6.07) is 4.17. The van der Waals surface area contributed by atoms with E-state index in [0.717, 1.165) is 43.8 Å². The average Bonchev–Trinajstić information content (AvgIpc) is 3.05. The molecular formula is C14H24N2O2. The van der Waals surface area contributed by atoms with Crippen molar-refractivity contribution in [2.75, 3.05) is 6.61 Å². The monoisotopic (exact) mass is 252 g/mol. The molecule has 2 atom stereocenters. The van der Waals surface area contributed by atoms with Gasteiger partial charge in [0.2, 0.25) is 0 Å². The van der Waals surface area contributed by atoms with Crippen molar-refractivity contribution < 1.29 is 9.15 Å². The molecule has 1 saturated heterocycles. The van der Waals surface area contributed by atoms with E-state index in [2.05, 4.69) is 12.3 Å². The number of nitrogens with one attached hydrogen (secondary N) is 1. The van der Waals surface area contributed by atoms with Gasteiger partial charge in [-0.25, -0.2) is 5.43 Å². The van der Waals surface area contributed by atoms with Gasteiger partial charge in [0.05, 0.1) is 12.1 Å². The van der Waals surface area contributed by atoms with Crippen molar-refractivity contribution in [1.29, 1.82) is 0 Å². The van der Waals surface area contributed by atoms with Crippen LogP contribution < -0.4 is 11.3 Å². The lowest BCUT2D eigenvalue weighted by Gasteiger charge is -2.15. The van der Waals surface area contributed by atoms with Crippen molar-refractivity contribution >= 4 is 0 Å². The van der Waals surface area contributed by atoms with Crippen LogP contribution in [-0.2, 0) is 11.2 Å². The SMILES string of the molecule is CCc1ccc(C(CCCC2CCCO2)NN)o1. The summed E-state index contributed by atoms with van der Waals surface area (Å²) in [7, 11) is 0. The van der Waals surface area contributed by atoms with E-state index in [9.17, 15) is 0 Å². The Bertz CT molecular complexity index is 345. The molecule has 0 amide bonds. The number of hydrogen-bond acceptors (Lipinski definition) is 4. The third kappa shape index (κ3) is 3.57. The quantitative estimate of drug-likeness (QED) is 0.578. The molecule has 2 heterocycles. The molecule has 4 heteroatoms. The minimum absolute atomic E-state index is 0.117.